The Bertz CT molecular complexity index is 598. The highest BCUT2D eigenvalue weighted by atomic mass is 35.5. The van der Waals surface area contributed by atoms with Crippen LogP contribution in [0.1, 0.15) is 21.5 Å². The number of carbonyl (C=O) groups is 1. The zero-order valence-electron chi connectivity index (χ0n) is 9.78. The predicted molar refractivity (Wildman–Crippen MR) is 68.4 cm³/mol. The van der Waals surface area contributed by atoms with Crippen LogP contribution in [0.25, 0.3) is 0 Å². The number of pyridine rings is 1. The monoisotopic (exact) mass is 263 g/mol. The fraction of sp³-hybridized carbons (Fsp3) is 0.143. The van der Waals surface area contributed by atoms with E-state index in [1.54, 1.807) is 12.3 Å². The lowest BCUT2D eigenvalue weighted by atomic mass is 10.0. The number of halogens is 2. The van der Waals surface area contributed by atoms with Crippen molar-refractivity contribution in [3.05, 3.63) is 64.2 Å². The third-order valence-corrected chi connectivity index (χ3v) is 2.79. The first-order valence-corrected chi connectivity index (χ1v) is 5.83. The highest BCUT2D eigenvalue weighted by molar-refractivity contribution is 6.30. The molecule has 0 amide bonds. The minimum atomic E-state index is -0.423. The maximum atomic E-state index is 13.5. The largest absolute Gasteiger partial charge is 0.294 e. The molecule has 0 N–H and O–H groups in total. The summed E-state index contributed by atoms with van der Waals surface area (Å²) in [5, 5.41) is 0.418. The van der Waals surface area contributed by atoms with E-state index in [1.807, 2.05) is 6.92 Å². The predicted octanol–water partition coefficient (Wildman–Crippen LogP) is 3.61. The lowest BCUT2D eigenvalue weighted by molar-refractivity contribution is 0.0991. The molecular weight excluding hydrogens is 253 g/mol. The molecule has 2 rings (SSSR count). The van der Waals surface area contributed by atoms with Crippen LogP contribution in [-0.4, -0.2) is 10.8 Å². The molecule has 18 heavy (non-hydrogen) atoms. The van der Waals surface area contributed by atoms with Crippen molar-refractivity contribution in [3.8, 4) is 0 Å². The Morgan fingerprint density at radius 3 is 2.83 bits per heavy atom. The van der Waals surface area contributed by atoms with Crippen molar-refractivity contribution in [3.63, 3.8) is 0 Å². The average molecular weight is 264 g/mol. The van der Waals surface area contributed by atoms with Gasteiger partial charge in [0.05, 0.1) is 0 Å². The number of Topliss-reactive ketones (excluding diaryl/α,β-unsaturated/α-hetero) is 1. The van der Waals surface area contributed by atoms with E-state index < -0.39 is 5.82 Å². The minimum Gasteiger partial charge on any atom is -0.294 e. The number of hydrogen-bond donors (Lipinski definition) is 0. The Morgan fingerprint density at radius 2 is 2.11 bits per heavy atom. The second-order valence-corrected chi connectivity index (χ2v) is 4.52. The number of carbonyl (C=O) groups excluding carboxylic acids is 1. The van der Waals surface area contributed by atoms with E-state index in [4.69, 9.17) is 11.6 Å². The van der Waals surface area contributed by atoms with Crippen LogP contribution in [-0.2, 0) is 6.42 Å². The molecule has 1 aromatic heterocycles. The molecule has 0 unspecified atom stereocenters. The molecule has 92 valence electrons. The second-order valence-electron chi connectivity index (χ2n) is 4.09. The molecule has 2 nitrogen and oxygen atoms in total. The van der Waals surface area contributed by atoms with Gasteiger partial charge in [-0.1, -0.05) is 11.6 Å². The van der Waals surface area contributed by atoms with Gasteiger partial charge in [-0.05, 0) is 42.3 Å². The van der Waals surface area contributed by atoms with Crippen molar-refractivity contribution in [2.45, 2.75) is 13.3 Å². The molecule has 0 aliphatic heterocycles. The first-order chi connectivity index (χ1) is 8.56. The van der Waals surface area contributed by atoms with Gasteiger partial charge in [-0.15, -0.1) is 0 Å². The minimum absolute atomic E-state index is 0.0163. The van der Waals surface area contributed by atoms with Gasteiger partial charge < -0.3 is 0 Å². The van der Waals surface area contributed by atoms with Gasteiger partial charge in [-0.2, -0.15) is 0 Å². The summed E-state index contributed by atoms with van der Waals surface area (Å²) < 4.78 is 13.5. The molecule has 0 spiro atoms. The lowest BCUT2D eigenvalue weighted by Gasteiger charge is -2.04. The Morgan fingerprint density at radius 1 is 1.33 bits per heavy atom. The quantitative estimate of drug-likeness (QED) is 0.792. The van der Waals surface area contributed by atoms with Crippen LogP contribution in [0.15, 0.2) is 36.7 Å². The zero-order chi connectivity index (χ0) is 13.1. The lowest BCUT2D eigenvalue weighted by Crippen LogP contribution is -2.06. The SMILES string of the molecule is Cc1cncc(C(=O)Cc2cc(Cl)ccc2F)c1. The number of aryl methyl sites for hydroxylation is 1. The molecule has 0 aliphatic carbocycles. The molecule has 0 fully saturated rings. The van der Waals surface area contributed by atoms with Crippen LogP contribution in [0.4, 0.5) is 4.39 Å². The molecule has 1 heterocycles. The van der Waals surface area contributed by atoms with Gasteiger partial charge in [0, 0.05) is 29.4 Å². The maximum Gasteiger partial charge on any atom is 0.168 e. The second kappa shape index (κ2) is 5.27. The van der Waals surface area contributed by atoms with Crippen molar-refractivity contribution in [1.82, 2.24) is 4.98 Å². The number of rotatable bonds is 3. The molecule has 4 heteroatoms. The van der Waals surface area contributed by atoms with Crippen molar-refractivity contribution >= 4 is 17.4 Å². The highest BCUT2D eigenvalue weighted by Gasteiger charge is 2.11. The van der Waals surface area contributed by atoms with Gasteiger partial charge in [0.2, 0.25) is 0 Å². The fourth-order valence-electron chi connectivity index (χ4n) is 1.66. The topological polar surface area (TPSA) is 30.0 Å². The summed E-state index contributed by atoms with van der Waals surface area (Å²) >= 11 is 5.78. The number of benzene rings is 1. The summed E-state index contributed by atoms with van der Waals surface area (Å²) in [6.07, 6.45) is 3.13. The fourth-order valence-corrected chi connectivity index (χ4v) is 1.86. The molecule has 2 aromatic rings. The summed E-state index contributed by atoms with van der Waals surface area (Å²) in [6.45, 7) is 1.85. The number of ketones is 1. The molecule has 0 atom stereocenters. The van der Waals surface area contributed by atoms with Gasteiger partial charge in [-0.25, -0.2) is 4.39 Å². The third kappa shape index (κ3) is 2.93. The molecule has 0 saturated carbocycles. The van der Waals surface area contributed by atoms with Crippen LogP contribution >= 0.6 is 11.6 Å². The molecule has 0 radical (unpaired) electrons. The Labute approximate surface area is 109 Å². The number of aromatic nitrogens is 1. The normalized spacial score (nSPS) is 10.4. The van der Waals surface area contributed by atoms with E-state index >= 15 is 0 Å². The summed E-state index contributed by atoms with van der Waals surface area (Å²) in [5.41, 5.74) is 1.68. The van der Waals surface area contributed by atoms with Crippen LogP contribution in [0.5, 0.6) is 0 Å². The van der Waals surface area contributed by atoms with Gasteiger partial charge in [0.1, 0.15) is 5.82 Å². The standard InChI is InChI=1S/C14H11ClFNO/c1-9-4-11(8-17-7-9)14(18)6-10-5-12(15)2-3-13(10)16/h2-5,7-8H,6H2,1H3. The first-order valence-electron chi connectivity index (χ1n) is 5.45. The van der Waals surface area contributed by atoms with Crippen molar-refractivity contribution < 1.29 is 9.18 Å². The van der Waals surface area contributed by atoms with Gasteiger partial charge in [0.25, 0.3) is 0 Å². The molecule has 1 aromatic carbocycles. The molecular formula is C14H11ClFNO. The average Bonchev–Trinajstić information content (AvgIpc) is 2.34. The van der Waals surface area contributed by atoms with Crippen molar-refractivity contribution in [2.24, 2.45) is 0 Å². The smallest absolute Gasteiger partial charge is 0.168 e. The van der Waals surface area contributed by atoms with E-state index in [9.17, 15) is 9.18 Å². The van der Waals surface area contributed by atoms with Crippen molar-refractivity contribution in [2.75, 3.05) is 0 Å². The number of hydrogen-bond acceptors (Lipinski definition) is 2. The summed E-state index contributed by atoms with van der Waals surface area (Å²) in [4.78, 5) is 15.9. The number of nitrogens with zero attached hydrogens (tertiary/aromatic N) is 1. The first kappa shape index (κ1) is 12.7. The third-order valence-electron chi connectivity index (χ3n) is 2.56. The van der Waals surface area contributed by atoms with E-state index in [0.29, 0.717) is 16.1 Å². The van der Waals surface area contributed by atoms with Crippen molar-refractivity contribution in [1.29, 1.82) is 0 Å². The van der Waals surface area contributed by atoms with Gasteiger partial charge in [0.15, 0.2) is 5.78 Å². The van der Waals surface area contributed by atoms with E-state index in [2.05, 4.69) is 4.98 Å². The molecule has 0 saturated heterocycles. The summed E-state index contributed by atoms with van der Waals surface area (Å²) in [5.74, 6) is -0.597. The van der Waals surface area contributed by atoms with Crippen LogP contribution < -0.4 is 0 Å². The van der Waals surface area contributed by atoms with E-state index in [-0.39, 0.29) is 12.2 Å². The maximum absolute atomic E-state index is 13.5. The van der Waals surface area contributed by atoms with Gasteiger partial charge in [-0.3, -0.25) is 9.78 Å². The Kier molecular flexibility index (Phi) is 3.72. The summed E-state index contributed by atoms with van der Waals surface area (Å²) in [7, 11) is 0. The van der Waals surface area contributed by atoms with Crippen LogP contribution in [0.2, 0.25) is 5.02 Å². The summed E-state index contributed by atoms with van der Waals surface area (Å²) in [6, 6.07) is 5.92. The highest BCUT2D eigenvalue weighted by Crippen LogP contribution is 2.17. The Balaban J connectivity index is 2.24. The van der Waals surface area contributed by atoms with Crippen LogP contribution in [0.3, 0.4) is 0 Å². The zero-order valence-corrected chi connectivity index (χ0v) is 10.5. The molecule has 0 aliphatic rings. The van der Waals surface area contributed by atoms with Crippen LogP contribution in [0, 0.1) is 12.7 Å². The van der Waals surface area contributed by atoms with E-state index in [0.717, 1.165) is 5.56 Å². The van der Waals surface area contributed by atoms with E-state index in [1.165, 1.54) is 24.4 Å². The Hall–Kier alpha value is -1.74. The van der Waals surface area contributed by atoms with Gasteiger partial charge >= 0.3 is 0 Å². The molecule has 0 bridgehead atoms.